The third-order valence-electron chi connectivity index (χ3n) is 4.90. The average Bonchev–Trinajstić information content (AvgIpc) is 2.78. The number of para-hydroxylation sites is 1. The van der Waals surface area contributed by atoms with Gasteiger partial charge >= 0.3 is 6.18 Å². The van der Waals surface area contributed by atoms with Gasteiger partial charge in [0.05, 0.1) is 22.4 Å². The molecule has 0 spiro atoms. The molecule has 178 valence electrons. The number of nitrogens with zero attached hydrogens (tertiary/aromatic N) is 2. The lowest BCUT2D eigenvalue weighted by atomic mass is 10.1. The minimum atomic E-state index is -4.51. The molecular weight excluding hydrogens is 467 g/mol. The first-order chi connectivity index (χ1) is 16.0. The Balaban J connectivity index is 1.83. The molecule has 0 saturated heterocycles. The number of sulfonamides is 1. The summed E-state index contributed by atoms with van der Waals surface area (Å²) in [6.45, 7) is 2.96. The maximum Gasteiger partial charge on any atom is 0.416 e. The van der Waals surface area contributed by atoms with Gasteiger partial charge in [-0.3, -0.25) is 9.10 Å². The topological polar surface area (TPSA) is 78.8 Å². The van der Waals surface area contributed by atoms with Crippen LogP contribution in [0.1, 0.15) is 22.3 Å². The first-order valence-corrected chi connectivity index (χ1v) is 11.6. The number of hydrogen-bond donors (Lipinski definition) is 1. The van der Waals surface area contributed by atoms with Crippen LogP contribution in [-0.4, -0.2) is 27.1 Å². The monoisotopic (exact) mass is 489 g/mol. The lowest BCUT2D eigenvalue weighted by Crippen LogP contribution is -2.40. The molecule has 1 N–H and O–H groups in total. The second-order valence-corrected chi connectivity index (χ2v) is 9.39. The van der Waals surface area contributed by atoms with Crippen molar-refractivity contribution >= 4 is 27.8 Å². The molecule has 6 nitrogen and oxygen atoms in total. The molecule has 3 aromatic carbocycles. The number of hydrazone groups is 1. The summed E-state index contributed by atoms with van der Waals surface area (Å²) in [5.74, 6) is -0.762. The molecule has 34 heavy (non-hydrogen) atoms. The van der Waals surface area contributed by atoms with E-state index in [2.05, 4.69) is 10.5 Å². The lowest BCUT2D eigenvalue weighted by Gasteiger charge is -2.25. The lowest BCUT2D eigenvalue weighted by molar-refractivity contribution is -0.137. The van der Waals surface area contributed by atoms with E-state index in [4.69, 9.17) is 0 Å². The summed E-state index contributed by atoms with van der Waals surface area (Å²) in [6.07, 6.45) is -3.45. The Labute approximate surface area is 195 Å². The highest BCUT2D eigenvalue weighted by Gasteiger charge is 2.30. The summed E-state index contributed by atoms with van der Waals surface area (Å²) in [5.41, 5.74) is 3.29. The number of hydrogen-bond acceptors (Lipinski definition) is 4. The first-order valence-electron chi connectivity index (χ1n) is 10.1. The summed E-state index contributed by atoms with van der Waals surface area (Å²) in [5, 5.41) is 3.69. The molecule has 10 heteroatoms. The highest BCUT2D eigenvalue weighted by atomic mass is 32.2. The number of alkyl halides is 3. The van der Waals surface area contributed by atoms with Gasteiger partial charge in [0.2, 0.25) is 0 Å². The quantitative estimate of drug-likeness (QED) is 0.387. The molecule has 0 aromatic heterocycles. The van der Waals surface area contributed by atoms with Gasteiger partial charge in [-0.25, -0.2) is 13.8 Å². The van der Waals surface area contributed by atoms with Crippen molar-refractivity contribution in [3.63, 3.8) is 0 Å². The van der Waals surface area contributed by atoms with Crippen LogP contribution in [0.3, 0.4) is 0 Å². The summed E-state index contributed by atoms with van der Waals surface area (Å²) in [6, 6.07) is 17.4. The Bertz CT molecular complexity index is 1300. The number of benzene rings is 3. The van der Waals surface area contributed by atoms with E-state index < -0.39 is 34.2 Å². The largest absolute Gasteiger partial charge is 0.416 e. The van der Waals surface area contributed by atoms with Gasteiger partial charge in [-0.2, -0.15) is 18.3 Å². The van der Waals surface area contributed by atoms with Crippen molar-refractivity contribution in [3.05, 3.63) is 95.1 Å². The molecule has 3 rings (SSSR count). The molecule has 0 aliphatic rings. The van der Waals surface area contributed by atoms with Crippen LogP contribution in [0.5, 0.6) is 0 Å². The number of nitrogens with one attached hydrogen (secondary N) is 1. The molecule has 0 saturated carbocycles. The fraction of sp³-hybridized carbons (Fsp3) is 0.167. The van der Waals surface area contributed by atoms with Crippen LogP contribution in [0.15, 0.2) is 82.8 Å². The first kappa shape index (κ1) is 25.0. The molecule has 0 fully saturated rings. The highest BCUT2D eigenvalue weighted by Crippen LogP contribution is 2.29. The normalized spacial score (nSPS) is 12.0. The van der Waals surface area contributed by atoms with E-state index in [9.17, 15) is 26.4 Å². The molecule has 0 aliphatic carbocycles. The number of halogens is 3. The predicted octanol–water partition coefficient (Wildman–Crippen LogP) is 4.67. The Morgan fingerprint density at radius 2 is 1.68 bits per heavy atom. The molecule has 0 bridgehead atoms. The SMILES string of the molecule is Cc1ccc(S(=O)(=O)N(CC(=O)N/N=C\c2cccc(C(F)(F)F)c2)c2ccccc2C)cc1. The zero-order valence-electron chi connectivity index (χ0n) is 18.4. The van der Waals surface area contributed by atoms with Crippen LogP contribution in [0.25, 0.3) is 0 Å². The molecule has 0 heterocycles. The third-order valence-corrected chi connectivity index (χ3v) is 6.67. The number of carbonyl (C=O) groups is 1. The molecule has 0 unspecified atom stereocenters. The molecule has 0 aliphatic heterocycles. The second kappa shape index (κ2) is 10.1. The van der Waals surface area contributed by atoms with Crippen LogP contribution in [-0.2, 0) is 21.0 Å². The van der Waals surface area contributed by atoms with E-state index in [-0.39, 0.29) is 10.5 Å². The minimum absolute atomic E-state index is 0.0154. The van der Waals surface area contributed by atoms with Crippen LogP contribution in [0.4, 0.5) is 18.9 Å². The molecule has 1 amide bonds. The Hall–Kier alpha value is -3.66. The minimum Gasteiger partial charge on any atom is -0.271 e. The number of rotatable bonds is 7. The van der Waals surface area contributed by atoms with Gasteiger partial charge in [0, 0.05) is 0 Å². The second-order valence-electron chi connectivity index (χ2n) is 7.53. The van der Waals surface area contributed by atoms with Crippen molar-refractivity contribution in [3.8, 4) is 0 Å². The smallest absolute Gasteiger partial charge is 0.271 e. The third kappa shape index (κ3) is 6.02. The zero-order chi connectivity index (χ0) is 24.9. The number of anilines is 1. The number of amides is 1. The van der Waals surface area contributed by atoms with Gasteiger partial charge in [-0.1, -0.05) is 48.0 Å². The van der Waals surface area contributed by atoms with E-state index >= 15 is 0 Å². The standard InChI is InChI=1S/C24H22F3N3O3S/c1-17-10-12-21(13-11-17)34(32,33)30(22-9-4-3-6-18(22)2)16-23(31)29-28-15-19-7-5-8-20(14-19)24(25,26)27/h3-15H,16H2,1-2H3,(H,29,31)/b28-15-. The van der Waals surface area contributed by atoms with Gasteiger partial charge in [0.25, 0.3) is 15.9 Å². The van der Waals surface area contributed by atoms with Gasteiger partial charge in [-0.05, 0) is 55.3 Å². The van der Waals surface area contributed by atoms with Crippen LogP contribution >= 0.6 is 0 Å². The fourth-order valence-electron chi connectivity index (χ4n) is 3.12. The van der Waals surface area contributed by atoms with Gasteiger partial charge in [-0.15, -0.1) is 0 Å². The maximum atomic E-state index is 13.4. The van der Waals surface area contributed by atoms with Gasteiger partial charge in [0.15, 0.2) is 0 Å². The summed E-state index contributed by atoms with van der Waals surface area (Å²) in [4.78, 5) is 12.6. The zero-order valence-corrected chi connectivity index (χ0v) is 19.2. The van der Waals surface area contributed by atoms with Crippen LogP contribution < -0.4 is 9.73 Å². The molecule has 0 atom stereocenters. The van der Waals surface area contributed by atoms with E-state index in [0.717, 1.165) is 28.2 Å². The van der Waals surface area contributed by atoms with E-state index in [1.165, 1.54) is 24.3 Å². The van der Waals surface area contributed by atoms with E-state index in [1.807, 2.05) is 6.92 Å². The number of aryl methyl sites for hydroxylation is 2. The van der Waals surface area contributed by atoms with Crippen LogP contribution in [0, 0.1) is 13.8 Å². The Morgan fingerprint density at radius 1 is 1.00 bits per heavy atom. The summed E-state index contributed by atoms with van der Waals surface area (Å²) in [7, 11) is -4.09. The average molecular weight is 490 g/mol. The van der Waals surface area contributed by atoms with E-state index in [1.54, 1.807) is 43.3 Å². The Kier molecular flexibility index (Phi) is 7.41. The van der Waals surface area contributed by atoms with Crippen molar-refractivity contribution in [1.29, 1.82) is 0 Å². The maximum absolute atomic E-state index is 13.4. The van der Waals surface area contributed by atoms with Gasteiger partial charge in [0.1, 0.15) is 6.54 Å². The molecule has 0 radical (unpaired) electrons. The van der Waals surface area contributed by atoms with Crippen LogP contribution in [0.2, 0.25) is 0 Å². The summed E-state index contributed by atoms with van der Waals surface area (Å²) >= 11 is 0. The van der Waals surface area contributed by atoms with Crippen molar-refractivity contribution in [1.82, 2.24) is 5.43 Å². The van der Waals surface area contributed by atoms with Crippen molar-refractivity contribution < 1.29 is 26.4 Å². The van der Waals surface area contributed by atoms with Crippen molar-refractivity contribution in [2.75, 3.05) is 10.8 Å². The fourth-order valence-corrected chi connectivity index (χ4v) is 4.61. The van der Waals surface area contributed by atoms with Crippen molar-refractivity contribution in [2.45, 2.75) is 24.9 Å². The Morgan fingerprint density at radius 3 is 2.32 bits per heavy atom. The molecular formula is C24H22F3N3O3S. The predicted molar refractivity (Wildman–Crippen MR) is 124 cm³/mol. The van der Waals surface area contributed by atoms with Gasteiger partial charge < -0.3 is 0 Å². The van der Waals surface area contributed by atoms with Crippen molar-refractivity contribution in [2.24, 2.45) is 5.10 Å². The summed E-state index contributed by atoms with van der Waals surface area (Å²) < 4.78 is 66.3. The molecule has 3 aromatic rings. The highest BCUT2D eigenvalue weighted by molar-refractivity contribution is 7.92. The number of carbonyl (C=O) groups excluding carboxylic acids is 1. The van der Waals surface area contributed by atoms with E-state index in [0.29, 0.717) is 11.3 Å².